The summed E-state index contributed by atoms with van der Waals surface area (Å²) in [4.78, 5) is 4.35. The van der Waals surface area contributed by atoms with Crippen LogP contribution in [0.25, 0.3) is 11.0 Å². The number of benzene rings is 1. The number of nitrogens with zero attached hydrogens (tertiary/aromatic N) is 2. The molecule has 0 saturated carbocycles. The molecule has 0 saturated heterocycles. The lowest BCUT2D eigenvalue weighted by atomic mass is 10.1. The Bertz CT molecular complexity index is 489. The van der Waals surface area contributed by atoms with Crippen molar-refractivity contribution in [2.24, 2.45) is 18.7 Å². The van der Waals surface area contributed by atoms with Crippen LogP contribution in [0, 0.1) is 5.92 Å². The summed E-state index contributed by atoms with van der Waals surface area (Å²) in [6.45, 7) is 3.91. The Balaban J connectivity index is 2.04. The first-order valence-electron chi connectivity index (χ1n) is 6.05. The Hall–Kier alpha value is -1.55. The fraction of sp³-hybridized carbons (Fsp3) is 0.462. The van der Waals surface area contributed by atoms with Gasteiger partial charge in [0, 0.05) is 19.3 Å². The molecular weight excluding hydrogens is 212 g/mol. The number of hydrogen-bond acceptors (Lipinski definition) is 3. The zero-order valence-corrected chi connectivity index (χ0v) is 10.5. The van der Waals surface area contributed by atoms with Gasteiger partial charge in [-0.1, -0.05) is 6.92 Å². The summed E-state index contributed by atoms with van der Waals surface area (Å²) in [5, 5.41) is 3.43. The van der Waals surface area contributed by atoms with Gasteiger partial charge in [-0.05, 0) is 37.1 Å². The van der Waals surface area contributed by atoms with E-state index in [2.05, 4.69) is 35.4 Å². The van der Waals surface area contributed by atoms with Crippen LogP contribution < -0.4 is 11.1 Å². The molecule has 2 aromatic rings. The first-order chi connectivity index (χ1) is 8.20. The average molecular weight is 232 g/mol. The van der Waals surface area contributed by atoms with Crippen molar-refractivity contribution in [1.82, 2.24) is 9.55 Å². The van der Waals surface area contributed by atoms with Gasteiger partial charge >= 0.3 is 0 Å². The number of imidazole rings is 1. The number of aromatic nitrogens is 2. The number of nitrogens with two attached hydrogens (primary N) is 1. The highest BCUT2D eigenvalue weighted by molar-refractivity contribution is 5.79. The highest BCUT2D eigenvalue weighted by Crippen LogP contribution is 2.17. The normalized spacial score (nSPS) is 12.9. The van der Waals surface area contributed by atoms with Crippen molar-refractivity contribution >= 4 is 16.7 Å². The topological polar surface area (TPSA) is 55.9 Å². The summed E-state index contributed by atoms with van der Waals surface area (Å²) >= 11 is 0. The third-order valence-corrected chi connectivity index (χ3v) is 3.04. The first-order valence-corrected chi connectivity index (χ1v) is 6.05. The standard InChI is InChI=1S/C13H20N4/c1-10(5-6-14)8-15-11-3-4-13-12(7-11)16-9-17(13)2/h3-4,7,9-10,15H,5-6,8,14H2,1-2H3. The van der Waals surface area contributed by atoms with Gasteiger partial charge in [-0.3, -0.25) is 0 Å². The van der Waals surface area contributed by atoms with Crippen molar-refractivity contribution in [3.05, 3.63) is 24.5 Å². The number of rotatable bonds is 5. The molecule has 0 aliphatic heterocycles. The molecule has 0 aliphatic carbocycles. The number of aryl methyl sites for hydroxylation is 1. The Labute approximate surface area is 102 Å². The van der Waals surface area contributed by atoms with Crippen molar-refractivity contribution in [3.8, 4) is 0 Å². The van der Waals surface area contributed by atoms with E-state index in [1.165, 1.54) is 0 Å². The van der Waals surface area contributed by atoms with Crippen molar-refractivity contribution < 1.29 is 0 Å². The summed E-state index contributed by atoms with van der Waals surface area (Å²) in [6, 6.07) is 6.28. The van der Waals surface area contributed by atoms with E-state index in [0.717, 1.165) is 36.2 Å². The van der Waals surface area contributed by atoms with Crippen molar-refractivity contribution in [1.29, 1.82) is 0 Å². The van der Waals surface area contributed by atoms with Crippen LogP contribution in [0.1, 0.15) is 13.3 Å². The Morgan fingerprint density at radius 1 is 1.47 bits per heavy atom. The molecular formula is C13H20N4. The SMILES string of the molecule is CC(CCN)CNc1ccc2c(c1)ncn2C. The van der Waals surface area contributed by atoms with Crippen LogP contribution in [-0.4, -0.2) is 22.6 Å². The third-order valence-electron chi connectivity index (χ3n) is 3.04. The van der Waals surface area contributed by atoms with E-state index in [1.54, 1.807) is 0 Å². The minimum absolute atomic E-state index is 0.597. The molecule has 1 aromatic carbocycles. The van der Waals surface area contributed by atoms with Crippen LogP contribution in [-0.2, 0) is 7.05 Å². The predicted molar refractivity (Wildman–Crippen MR) is 72.0 cm³/mol. The molecule has 0 bridgehead atoms. The van der Waals surface area contributed by atoms with Gasteiger partial charge in [-0.25, -0.2) is 4.98 Å². The number of nitrogens with one attached hydrogen (secondary N) is 1. The summed E-state index contributed by atoms with van der Waals surface area (Å²) in [6.07, 6.45) is 2.89. The molecule has 0 amide bonds. The minimum atomic E-state index is 0.597. The lowest BCUT2D eigenvalue weighted by Crippen LogP contribution is -2.15. The largest absolute Gasteiger partial charge is 0.385 e. The fourth-order valence-electron chi connectivity index (χ4n) is 1.92. The lowest BCUT2D eigenvalue weighted by Gasteiger charge is -2.12. The molecule has 2 rings (SSSR count). The van der Waals surface area contributed by atoms with Crippen LogP contribution in [0.15, 0.2) is 24.5 Å². The smallest absolute Gasteiger partial charge is 0.0955 e. The maximum atomic E-state index is 5.54. The van der Waals surface area contributed by atoms with E-state index < -0.39 is 0 Å². The quantitative estimate of drug-likeness (QED) is 0.828. The second kappa shape index (κ2) is 5.19. The molecule has 0 fully saturated rings. The maximum absolute atomic E-state index is 5.54. The predicted octanol–water partition coefficient (Wildman–Crippen LogP) is 1.97. The number of anilines is 1. The second-order valence-corrected chi connectivity index (χ2v) is 4.62. The lowest BCUT2D eigenvalue weighted by molar-refractivity contribution is 0.568. The van der Waals surface area contributed by atoms with Gasteiger partial charge in [0.2, 0.25) is 0 Å². The third kappa shape index (κ3) is 2.77. The van der Waals surface area contributed by atoms with Crippen molar-refractivity contribution in [2.75, 3.05) is 18.4 Å². The Kier molecular flexibility index (Phi) is 3.64. The zero-order chi connectivity index (χ0) is 12.3. The van der Waals surface area contributed by atoms with Crippen LogP contribution in [0.4, 0.5) is 5.69 Å². The van der Waals surface area contributed by atoms with Crippen LogP contribution in [0.3, 0.4) is 0 Å². The van der Waals surface area contributed by atoms with Crippen LogP contribution in [0.2, 0.25) is 0 Å². The van der Waals surface area contributed by atoms with Gasteiger partial charge in [0.25, 0.3) is 0 Å². The Morgan fingerprint density at radius 3 is 3.06 bits per heavy atom. The summed E-state index contributed by atoms with van der Waals surface area (Å²) in [5.41, 5.74) is 8.85. The first kappa shape index (κ1) is 11.9. The summed E-state index contributed by atoms with van der Waals surface area (Å²) < 4.78 is 2.02. The maximum Gasteiger partial charge on any atom is 0.0955 e. The molecule has 92 valence electrons. The van der Waals surface area contributed by atoms with Crippen molar-refractivity contribution in [2.45, 2.75) is 13.3 Å². The molecule has 4 heteroatoms. The molecule has 0 spiro atoms. The van der Waals surface area contributed by atoms with E-state index in [9.17, 15) is 0 Å². The van der Waals surface area contributed by atoms with Gasteiger partial charge in [-0.15, -0.1) is 0 Å². The molecule has 1 atom stereocenters. The van der Waals surface area contributed by atoms with Gasteiger partial charge < -0.3 is 15.6 Å². The average Bonchev–Trinajstić information content (AvgIpc) is 2.69. The molecule has 1 aromatic heterocycles. The molecule has 1 heterocycles. The van der Waals surface area contributed by atoms with E-state index in [0.29, 0.717) is 5.92 Å². The van der Waals surface area contributed by atoms with Crippen LogP contribution >= 0.6 is 0 Å². The molecule has 0 aliphatic rings. The molecule has 17 heavy (non-hydrogen) atoms. The van der Waals surface area contributed by atoms with Crippen molar-refractivity contribution in [3.63, 3.8) is 0 Å². The van der Waals surface area contributed by atoms with Gasteiger partial charge in [0.1, 0.15) is 0 Å². The van der Waals surface area contributed by atoms with Gasteiger partial charge in [-0.2, -0.15) is 0 Å². The molecule has 1 unspecified atom stereocenters. The monoisotopic (exact) mass is 232 g/mol. The highest BCUT2D eigenvalue weighted by atomic mass is 15.0. The van der Waals surface area contributed by atoms with Crippen LogP contribution in [0.5, 0.6) is 0 Å². The molecule has 0 radical (unpaired) electrons. The second-order valence-electron chi connectivity index (χ2n) is 4.62. The van der Waals surface area contributed by atoms with Gasteiger partial charge in [0.15, 0.2) is 0 Å². The Morgan fingerprint density at radius 2 is 2.29 bits per heavy atom. The minimum Gasteiger partial charge on any atom is -0.385 e. The molecule has 4 nitrogen and oxygen atoms in total. The number of fused-ring (bicyclic) bond motifs is 1. The van der Waals surface area contributed by atoms with E-state index in [1.807, 2.05) is 17.9 Å². The van der Waals surface area contributed by atoms with Gasteiger partial charge in [0.05, 0.1) is 17.4 Å². The molecule has 3 N–H and O–H groups in total. The number of hydrogen-bond donors (Lipinski definition) is 2. The van der Waals surface area contributed by atoms with E-state index in [-0.39, 0.29) is 0 Å². The summed E-state index contributed by atoms with van der Waals surface area (Å²) in [7, 11) is 2.01. The highest BCUT2D eigenvalue weighted by Gasteiger charge is 2.03. The van der Waals surface area contributed by atoms with E-state index >= 15 is 0 Å². The summed E-state index contributed by atoms with van der Waals surface area (Å²) in [5.74, 6) is 0.597. The zero-order valence-electron chi connectivity index (χ0n) is 10.5. The van der Waals surface area contributed by atoms with E-state index in [4.69, 9.17) is 5.73 Å². The fourth-order valence-corrected chi connectivity index (χ4v) is 1.92.